The van der Waals surface area contributed by atoms with Gasteiger partial charge in [0.1, 0.15) is 17.2 Å². The minimum absolute atomic E-state index is 0.153. The Morgan fingerprint density at radius 1 is 0.917 bits per heavy atom. The van der Waals surface area contributed by atoms with Gasteiger partial charge in [-0.2, -0.15) is 0 Å². The first kappa shape index (κ1) is 22.3. The molecule has 0 unspecified atom stereocenters. The van der Waals surface area contributed by atoms with Crippen LogP contribution < -0.4 is 10.5 Å². The molecule has 4 nitrogen and oxygen atoms in total. The SMILES string of the molecule is Cc1ccccc1-n1cc2c3c(cn(C)c(=O)c31)-c1cc(F)cc(F)c1N(CCc1ccccc1)C2. The van der Waals surface area contributed by atoms with Gasteiger partial charge in [-0.05, 0) is 42.2 Å². The summed E-state index contributed by atoms with van der Waals surface area (Å²) in [7, 11) is 1.68. The molecule has 0 amide bonds. The molecule has 6 rings (SSSR count). The number of aromatic nitrogens is 2. The van der Waals surface area contributed by atoms with E-state index in [0.29, 0.717) is 41.8 Å². The second kappa shape index (κ2) is 8.48. The van der Waals surface area contributed by atoms with E-state index in [1.807, 2.05) is 77.2 Å². The third-order valence-electron chi connectivity index (χ3n) is 7.08. The third-order valence-corrected chi connectivity index (χ3v) is 7.08. The maximum Gasteiger partial charge on any atom is 0.275 e. The Hall–Kier alpha value is -4.19. The predicted molar refractivity (Wildman–Crippen MR) is 140 cm³/mol. The van der Waals surface area contributed by atoms with Gasteiger partial charge in [-0.25, -0.2) is 8.78 Å². The normalized spacial score (nSPS) is 12.6. The number of aryl methyl sites for hydroxylation is 2. The average molecular weight is 482 g/mol. The van der Waals surface area contributed by atoms with Crippen molar-refractivity contribution in [3.05, 3.63) is 118 Å². The summed E-state index contributed by atoms with van der Waals surface area (Å²) in [6.07, 6.45) is 4.39. The topological polar surface area (TPSA) is 30.2 Å². The molecule has 5 aromatic rings. The van der Waals surface area contributed by atoms with E-state index in [-0.39, 0.29) is 5.56 Å². The van der Waals surface area contributed by atoms with Crippen molar-refractivity contribution in [3.63, 3.8) is 0 Å². The highest BCUT2D eigenvalue weighted by Crippen LogP contribution is 2.43. The zero-order chi connectivity index (χ0) is 25.0. The van der Waals surface area contributed by atoms with Gasteiger partial charge in [0.05, 0.1) is 5.69 Å². The molecule has 0 atom stereocenters. The van der Waals surface area contributed by atoms with E-state index < -0.39 is 11.6 Å². The fourth-order valence-corrected chi connectivity index (χ4v) is 5.38. The molecular formula is C30H25F2N3O. The van der Waals surface area contributed by atoms with E-state index in [9.17, 15) is 9.18 Å². The van der Waals surface area contributed by atoms with Crippen molar-refractivity contribution in [3.8, 4) is 16.8 Å². The van der Waals surface area contributed by atoms with Gasteiger partial charge < -0.3 is 14.0 Å². The molecule has 0 fully saturated rings. The zero-order valence-electron chi connectivity index (χ0n) is 20.1. The lowest BCUT2D eigenvalue weighted by Gasteiger charge is -2.26. The summed E-state index contributed by atoms with van der Waals surface area (Å²) < 4.78 is 33.5. The number of hydrogen-bond acceptors (Lipinski definition) is 2. The molecule has 3 aromatic carbocycles. The number of benzene rings is 3. The average Bonchev–Trinajstić information content (AvgIpc) is 3.18. The highest BCUT2D eigenvalue weighted by molar-refractivity contribution is 6.02. The van der Waals surface area contributed by atoms with Crippen molar-refractivity contribution in [1.29, 1.82) is 0 Å². The van der Waals surface area contributed by atoms with Crippen LogP contribution in [-0.4, -0.2) is 15.7 Å². The molecule has 0 saturated heterocycles. The summed E-state index contributed by atoms with van der Waals surface area (Å²) in [5, 5.41) is 0.745. The van der Waals surface area contributed by atoms with Gasteiger partial charge in [0.25, 0.3) is 5.56 Å². The number of anilines is 1. The van der Waals surface area contributed by atoms with Crippen LogP contribution in [-0.2, 0) is 20.0 Å². The fourth-order valence-electron chi connectivity index (χ4n) is 5.38. The van der Waals surface area contributed by atoms with Crippen molar-refractivity contribution >= 4 is 16.6 Å². The molecule has 0 saturated carbocycles. The Bertz CT molecular complexity index is 1680. The van der Waals surface area contributed by atoms with Gasteiger partial charge in [-0.15, -0.1) is 0 Å². The lowest BCUT2D eigenvalue weighted by atomic mass is 10.0. The van der Waals surface area contributed by atoms with Crippen LogP contribution >= 0.6 is 0 Å². The van der Waals surface area contributed by atoms with Crippen LogP contribution in [0.4, 0.5) is 14.5 Å². The fraction of sp³-hybridized carbons (Fsp3) is 0.167. The standard InChI is InChI=1S/C30H25F2N3O/c1-19-8-6-7-11-26(19)35-17-21-16-34(13-12-20-9-4-3-5-10-20)28-23(14-22(31)15-25(28)32)24-18-33(2)30(36)29(35)27(21)24/h3-11,14-15,17-18H,12-13,16H2,1-2H3. The Morgan fingerprint density at radius 3 is 2.44 bits per heavy atom. The second-order valence-electron chi connectivity index (χ2n) is 9.43. The number of rotatable bonds is 4. The Balaban J connectivity index is 1.62. The van der Waals surface area contributed by atoms with Crippen molar-refractivity contribution in [2.24, 2.45) is 7.05 Å². The summed E-state index contributed by atoms with van der Waals surface area (Å²) in [5.41, 5.74) is 5.83. The zero-order valence-corrected chi connectivity index (χ0v) is 20.1. The second-order valence-corrected chi connectivity index (χ2v) is 9.43. The molecule has 0 radical (unpaired) electrons. The molecule has 180 valence electrons. The van der Waals surface area contributed by atoms with Crippen LogP contribution in [0.5, 0.6) is 0 Å². The van der Waals surface area contributed by atoms with Crippen LogP contribution in [0.3, 0.4) is 0 Å². The van der Waals surface area contributed by atoms with E-state index in [0.717, 1.165) is 33.8 Å². The van der Waals surface area contributed by atoms with Gasteiger partial charge in [0, 0.05) is 60.8 Å². The summed E-state index contributed by atoms with van der Waals surface area (Å²) in [4.78, 5) is 15.4. The largest absolute Gasteiger partial charge is 0.364 e. The van der Waals surface area contributed by atoms with Gasteiger partial charge >= 0.3 is 0 Å². The predicted octanol–water partition coefficient (Wildman–Crippen LogP) is 6.15. The van der Waals surface area contributed by atoms with Gasteiger partial charge in [0.2, 0.25) is 0 Å². The molecule has 6 heteroatoms. The van der Waals surface area contributed by atoms with Crippen LogP contribution in [0.1, 0.15) is 16.7 Å². The number of pyridine rings is 1. The quantitative estimate of drug-likeness (QED) is 0.308. The lowest BCUT2D eigenvalue weighted by molar-refractivity contribution is 0.578. The van der Waals surface area contributed by atoms with Gasteiger partial charge in [-0.3, -0.25) is 4.79 Å². The highest BCUT2D eigenvalue weighted by atomic mass is 19.1. The number of para-hydroxylation sites is 1. The third kappa shape index (κ3) is 3.52. The lowest BCUT2D eigenvalue weighted by Crippen LogP contribution is -2.26. The molecule has 2 aromatic heterocycles. The number of hydrogen-bond donors (Lipinski definition) is 0. The molecule has 1 aliphatic heterocycles. The summed E-state index contributed by atoms with van der Waals surface area (Å²) in [6, 6.07) is 20.3. The minimum atomic E-state index is -0.641. The maximum absolute atomic E-state index is 15.4. The molecule has 0 spiro atoms. The number of nitrogens with zero attached hydrogens (tertiary/aromatic N) is 3. The molecule has 1 aliphatic rings. The van der Waals surface area contributed by atoms with Crippen molar-refractivity contribution in [2.75, 3.05) is 11.4 Å². The van der Waals surface area contributed by atoms with Crippen molar-refractivity contribution in [1.82, 2.24) is 9.13 Å². The smallest absolute Gasteiger partial charge is 0.275 e. The van der Waals surface area contributed by atoms with Crippen LogP contribution in [0.25, 0.3) is 27.7 Å². The maximum atomic E-state index is 15.4. The highest BCUT2D eigenvalue weighted by Gasteiger charge is 2.29. The van der Waals surface area contributed by atoms with E-state index in [1.165, 1.54) is 10.6 Å². The Morgan fingerprint density at radius 2 is 1.67 bits per heavy atom. The monoisotopic (exact) mass is 481 g/mol. The van der Waals surface area contributed by atoms with E-state index in [4.69, 9.17) is 0 Å². The van der Waals surface area contributed by atoms with Gasteiger partial charge in [0.15, 0.2) is 0 Å². The van der Waals surface area contributed by atoms with E-state index >= 15 is 4.39 Å². The summed E-state index contributed by atoms with van der Waals surface area (Å²) in [5.74, 6) is -1.24. The van der Waals surface area contributed by atoms with Crippen LogP contribution in [0, 0.1) is 18.6 Å². The molecule has 0 N–H and O–H groups in total. The summed E-state index contributed by atoms with van der Waals surface area (Å²) >= 11 is 0. The molecule has 3 heterocycles. The first-order valence-corrected chi connectivity index (χ1v) is 12.0. The molecule has 0 bridgehead atoms. The van der Waals surface area contributed by atoms with E-state index in [2.05, 4.69) is 0 Å². The molecular weight excluding hydrogens is 456 g/mol. The van der Waals surface area contributed by atoms with Crippen LogP contribution in [0.2, 0.25) is 0 Å². The van der Waals surface area contributed by atoms with Crippen molar-refractivity contribution in [2.45, 2.75) is 19.9 Å². The molecule has 36 heavy (non-hydrogen) atoms. The molecule has 0 aliphatic carbocycles. The minimum Gasteiger partial charge on any atom is -0.364 e. The first-order valence-electron chi connectivity index (χ1n) is 12.0. The summed E-state index contributed by atoms with van der Waals surface area (Å²) in [6.45, 7) is 2.95. The van der Waals surface area contributed by atoms with Crippen molar-refractivity contribution < 1.29 is 8.78 Å². The van der Waals surface area contributed by atoms with E-state index in [1.54, 1.807) is 13.2 Å². The van der Waals surface area contributed by atoms with Crippen LogP contribution in [0.15, 0.2) is 83.9 Å². The first-order chi connectivity index (χ1) is 17.4. The number of halogens is 2. The Labute approximate surface area is 207 Å². The Kier molecular flexibility index (Phi) is 5.25. The number of fused-ring (bicyclic) bond motifs is 2. The van der Waals surface area contributed by atoms with Gasteiger partial charge in [-0.1, -0.05) is 48.5 Å².